The number of hydrogen-bond donors (Lipinski definition) is 2. The van der Waals surface area contributed by atoms with Crippen molar-refractivity contribution in [3.8, 4) is 0 Å². The van der Waals surface area contributed by atoms with Crippen LogP contribution in [0.4, 0.5) is 10.8 Å². The Morgan fingerprint density at radius 3 is 2.76 bits per heavy atom. The fourth-order valence-electron chi connectivity index (χ4n) is 2.05. The SMILES string of the molecule is Cc1ccc(NC(=O)Cc2csc(NC(=O)c3cccs3)n2)cc1Cl. The van der Waals surface area contributed by atoms with Gasteiger partial charge in [0, 0.05) is 16.1 Å². The molecule has 2 amide bonds. The number of hydrogen-bond acceptors (Lipinski definition) is 5. The number of nitrogens with one attached hydrogen (secondary N) is 2. The molecule has 2 aromatic heterocycles. The van der Waals surface area contributed by atoms with Crippen molar-refractivity contribution in [2.75, 3.05) is 10.6 Å². The summed E-state index contributed by atoms with van der Waals surface area (Å²) >= 11 is 8.70. The van der Waals surface area contributed by atoms with Crippen LogP contribution in [0.1, 0.15) is 20.9 Å². The van der Waals surface area contributed by atoms with Gasteiger partial charge in [-0.15, -0.1) is 22.7 Å². The van der Waals surface area contributed by atoms with Crippen molar-refractivity contribution in [3.05, 3.63) is 62.2 Å². The minimum absolute atomic E-state index is 0.122. The second kappa shape index (κ2) is 7.77. The van der Waals surface area contributed by atoms with Gasteiger partial charge in [-0.1, -0.05) is 23.7 Å². The van der Waals surface area contributed by atoms with E-state index < -0.39 is 0 Å². The molecule has 0 unspecified atom stereocenters. The normalized spacial score (nSPS) is 10.5. The molecular formula is C17H14ClN3O2S2. The Bertz CT molecular complexity index is 907. The maximum absolute atomic E-state index is 12.1. The number of thiazole rings is 1. The van der Waals surface area contributed by atoms with Crippen LogP contribution < -0.4 is 10.6 Å². The van der Waals surface area contributed by atoms with Crippen molar-refractivity contribution in [1.29, 1.82) is 0 Å². The first-order valence-electron chi connectivity index (χ1n) is 7.36. The van der Waals surface area contributed by atoms with E-state index >= 15 is 0 Å². The molecule has 3 aromatic rings. The third-order valence-corrected chi connectivity index (χ3v) is 5.40. The molecule has 25 heavy (non-hydrogen) atoms. The van der Waals surface area contributed by atoms with Gasteiger partial charge in [0.1, 0.15) is 0 Å². The van der Waals surface area contributed by atoms with E-state index in [4.69, 9.17) is 11.6 Å². The first kappa shape index (κ1) is 17.6. The summed E-state index contributed by atoms with van der Waals surface area (Å²) in [5, 5.41) is 10.2. The lowest BCUT2D eigenvalue weighted by molar-refractivity contribution is -0.115. The fourth-order valence-corrected chi connectivity index (χ4v) is 3.56. The zero-order chi connectivity index (χ0) is 17.8. The average Bonchev–Trinajstić information content (AvgIpc) is 3.23. The minimum Gasteiger partial charge on any atom is -0.326 e. The third-order valence-electron chi connectivity index (χ3n) is 3.31. The van der Waals surface area contributed by atoms with Crippen LogP contribution in [0.3, 0.4) is 0 Å². The first-order chi connectivity index (χ1) is 12.0. The number of rotatable bonds is 5. The van der Waals surface area contributed by atoms with Crippen LogP contribution in [0.15, 0.2) is 41.1 Å². The highest BCUT2D eigenvalue weighted by molar-refractivity contribution is 7.14. The fraction of sp³-hybridized carbons (Fsp3) is 0.118. The molecule has 0 saturated heterocycles. The Morgan fingerprint density at radius 1 is 1.20 bits per heavy atom. The number of halogens is 1. The predicted molar refractivity (Wildman–Crippen MR) is 103 cm³/mol. The van der Waals surface area contributed by atoms with Gasteiger partial charge in [-0.3, -0.25) is 14.9 Å². The summed E-state index contributed by atoms with van der Waals surface area (Å²) in [6, 6.07) is 8.91. The van der Waals surface area contributed by atoms with Gasteiger partial charge in [0.05, 0.1) is 17.0 Å². The standard InChI is InChI=1S/C17H14ClN3O2S2/c1-10-4-5-11(7-13(10)18)19-15(22)8-12-9-25-17(20-12)21-16(23)14-3-2-6-24-14/h2-7,9H,8H2,1H3,(H,19,22)(H,20,21,23). The molecule has 0 aliphatic heterocycles. The van der Waals surface area contributed by atoms with Crippen molar-refractivity contribution in [1.82, 2.24) is 4.98 Å². The number of amides is 2. The summed E-state index contributed by atoms with van der Waals surface area (Å²) in [7, 11) is 0. The molecule has 2 N–H and O–H groups in total. The molecule has 3 rings (SSSR count). The zero-order valence-corrected chi connectivity index (χ0v) is 15.6. The van der Waals surface area contributed by atoms with E-state index in [1.54, 1.807) is 23.6 Å². The van der Waals surface area contributed by atoms with Crippen LogP contribution in [0.2, 0.25) is 5.02 Å². The van der Waals surface area contributed by atoms with Crippen molar-refractivity contribution >= 4 is 56.9 Å². The highest BCUT2D eigenvalue weighted by atomic mass is 35.5. The van der Waals surface area contributed by atoms with E-state index in [-0.39, 0.29) is 18.2 Å². The lowest BCUT2D eigenvalue weighted by Gasteiger charge is -2.06. The lowest BCUT2D eigenvalue weighted by atomic mass is 10.2. The maximum atomic E-state index is 12.1. The van der Waals surface area contributed by atoms with Crippen LogP contribution in [0.25, 0.3) is 0 Å². The van der Waals surface area contributed by atoms with Gasteiger partial charge in [0.25, 0.3) is 5.91 Å². The van der Waals surface area contributed by atoms with Crippen molar-refractivity contribution in [3.63, 3.8) is 0 Å². The van der Waals surface area contributed by atoms with Gasteiger partial charge >= 0.3 is 0 Å². The molecule has 0 radical (unpaired) electrons. The second-order valence-corrected chi connectivity index (χ2v) is 7.48. The van der Waals surface area contributed by atoms with Gasteiger partial charge in [-0.25, -0.2) is 4.98 Å². The molecule has 2 heterocycles. The molecule has 0 spiro atoms. The van der Waals surface area contributed by atoms with Crippen LogP contribution in [0, 0.1) is 6.92 Å². The third kappa shape index (κ3) is 4.66. The molecule has 8 heteroatoms. The minimum atomic E-state index is -0.199. The number of aryl methyl sites for hydroxylation is 1. The van der Waals surface area contributed by atoms with E-state index in [2.05, 4.69) is 15.6 Å². The molecule has 0 saturated carbocycles. The average molecular weight is 392 g/mol. The number of carbonyl (C=O) groups is 2. The molecule has 0 fully saturated rings. The molecule has 0 aliphatic rings. The Morgan fingerprint density at radius 2 is 2.04 bits per heavy atom. The monoisotopic (exact) mass is 391 g/mol. The quantitative estimate of drug-likeness (QED) is 0.667. The van der Waals surface area contributed by atoms with Gasteiger partial charge in [0.15, 0.2) is 5.13 Å². The molecule has 0 aliphatic carbocycles. The maximum Gasteiger partial charge on any atom is 0.267 e. The molecule has 0 atom stereocenters. The second-order valence-electron chi connectivity index (χ2n) is 5.26. The summed E-state index contributed by atoms with van der Waals surface area (Å²) in [4.78, 5) is 29.0. The number of aromatic nitrogens is 1. The number of anilines is 2. The van der Waals surface area contributed by atoms with Crippen LogP contribution in [-0.4, -0.2) is 16.8 Å². The topological polar surface area (TPSA) is 71.1 Å². The number of nitrogens with zero attached hydrogens (tertiary/aromatic N) is 1. The summed E-state index contributed by atoms with van der Waals surface area (Å²) in [5.74, 6) is -0.393. The van der Waals surface area contributed by atoms with E-state index in [1.165, 1.54) is 22.7 Å². The van der Waals surface area contributed by atoms with E-state index in [0.717, 1.165) is 5.56 Å². The highest BCUT2D eigenvalue weighted by Gasteiger charge is 2.12. The lowest BCUT2D eigenvalue weighted by Crippen LogP contribution is -2.15. The highest BCUT2D eigenvalue weighted by Crippen LogP contribution is 2.21. The molecular weight excluding hydrogens is 378 g/mol. The van der Waals surface area contributed by atoms with E-state index in [9.17, 15) is 9.59 Å². The van der Waals surface area contributed by atoms with Gasteiger partial charge < -0.3 is 5.32 Å². The summed E-state index contributed by atoms with van der Waals surface area (Å²) in [6.45, 7) is 1.90. The Hall–Kier alpha value is -2.22. The Kier molecular flexibility index (Phi) is 5.47. The van der Waals surface area contributed by atoms with Gasteiger partial charge in [-0.2, -0.15) is 0 Å². The summed E-state index contributed by atoms with van der Waals surface area (Å²) < 4.78 is 0. The molecule has 1 aromatic carbocycles. The van der Waals surface area contributed by atoms with E-state index in [1.807, 2.05) is 24.4 Å². The van der Waals surface area contributed by atoms with Gasteiger partial charge in [-0.05, 0) is 36.1 Å². The van der Waals surface area contributed by atoms with Crippen LogP contribution in [0.5, 0.6) is 0 Å². The van der Waals surface area contributed by atoms with Crippen molar-refractivity contribution < 1.29 is 9.59 Å². The van der Waals surface area contributed by atoms with Crippen LogP contribution >= 0.6 is 34.3 Å². The number of benzene rings is 1. The van der Waals surface area contributed by atoms with Crippen molar-refractivity contribution in [2.45, 2.75) is 13.3 Å². The van der Waals surface area contributed by atoms with Gasteiger partial charge in [0.2, 0.25) is 5.91 Å². The molecule has 5 nitrogen and oxygen atoms in total. The summed E-state index contributed by atoms with van der Waals surface area (Å²) in [5.41, 5.74) is 2.19. The smallest absolute Gasteiger partial charge is 0.267 e. The summed E-state index contributed by atoms with van der Waals surface area (Å²) in [6.07, 6.45) is 0.122. The number of carbonyl (C=O) groups excluding carboxylic acids is 2. The van der Waals surface area contributed by atoms with E-state index in [0.29, 0.717) is 26.4 Å². The predicted octanol–water partition coefficient (Wildman–Crippen LogP) is 4.60. The molecule has 0 bridgehead atoms. The molecule has 128 valence electrons. The zero-order valence-electron chi connectivity index (χ0n) is 13.2. The largest absolute Gasteiger partial charge is 0.326 e. The van der Waals surface area contributed by atoms with Crippen LogP contribution in [-0.2, 0) is 11.2 Å². The first-order valence-corrected chi connectivity index (χ1v) is 9.50. The Balaban J connectivity index is 1.58. The Labute approximate surface area is 157 Å². The van der Waals surface area contributed by atoms with Crippen molar-refractivity contribution in [2.24, 2.45) is 0 Å². The number of thiophene rings is 1.